The fraction of sp³-hybridized carbons (Fsp3) is 0.400. The van der Waals surface area contributed by atoms with Crippen molar-refractivity contribution in [3.63, 3.8) is 0 Å². The van der Waals surface area contributed by atoms with Crippen LogP contribution >= 0.6 is 11.3 Å². The molecule has 0 radical (unpaired) electrons. The molecule has 6 heteroatoms. The number of carbonyl (C=O) groups is 2. The van der Waals surface area contributed by atoms with Crippen LogP contribution < -0.4 is 14.8 Å². The Morgan fingerprint density at radius 2 is 2.00 bits per heavy atom. The first-order valence-electron chi connectivity index (χ1n) is 8.52. The number of hydrogen-bond donors (Lipinski definition) is 1. The van der Waals surface area contributed by atoms with Crippen LogP contribution in [-0.4, -0.2) is 25.4 Å². The van der Waals surface area contributed by atoms with Crippen LogP contribution in [0.2, 0.25) is 0 Å². The van der Waals surface area contributed by atoms with E-state index < -0.39 is 0 Å². The Bertz CT molecular complexity index is 735. The number of nitrogens with one attached hydrogen (secondary N) is 1. The fourth-order valence-corrected chi connectivity index (χ4v) is 3.52. The minimum absolute atomic E-state index is 0.0950. The van der Waals surface area contributed by atoms with Gasteiger partial charge in [-0.1, -0.05) is 26.8 Å². The van der Waals surface area contributed by atoms with E-state index in [0.29, 0.717) is 23.7 Å². The smallest absolute Gasteiger partial charge is 0.258 e. The maximum Gasteiger partial charge on any atom is 0.258 e. The lowest BCUT2D eigenvalue weighted by molar-refractivity contribution is -0.124. The Morgan fingerprint density at radius 1 is 1.23 bits per heavy atom. The van der Waals surface area contributed by atoms with Gasteiger partial charge in [-0.25, -0.2) is 0 Å². The highest BCUT2D eigenvalue weighted by Gasteiger charge is 2.28. The van der Waals surface area contributed by atoms with E-state index in [9.17, 15) is 9.59 Å². The maximum atomic E-state index is 12.4. The van der Waals surface area contributed by atoms with Crippen molar-refractivity contribution in [3.05, 3.63) is 46.2 Å². The highest BCUT2D eigenvalue weighted by molar-refractivity contribution is 7.10. The first-order valence-corrected chi connectivity index (χ1v) is 9.40. The lowest BCUT2D eigenvalue weighted by Crippen LogP contribution is -2.38. The molecule has 26 heavy (non-hydrogen) atoms. The summed E-state index contributed by atoms with van der Waals surface area (Å²) in [6.07, 6.45) is 0.744. The van der Waals surface area contributed by atoms with Gasteiger partial charge < -0.3 is 14.8 Å². The van der Waals surface area contributed by atoms with Crippen LogP contribution in [-0.2, 0) is 4.79 Å². The van der Waals surface area contributed by atoms with Gasteiger partial charge in [-0.3, -0.25) is 9.59 Å². The molecule has 0 aliphatic heterocycles. The number of thiophene rings is 1. The SMILES string of the molecule is CCOc1cc(C=O)ccc1OCC(=O)NC(c1cccs1)C(C)(C)C. The van der Waals surface area contributed by atoms with Crippen LogP contribution in [0.25, 0.3) is 0 Å². The molecule has 5 nitrogen and oxygen atoms in total. The molecule has 2 aromatic rings. The zero-order valence-corrected chi connectivity index (χ0v) is 16.4. The molecule has 1 aromatic carbocycles. The van der Waals surface area contributed by atoms with E-state index in [1.54, 1.807) is 29.5 Å². The summed E-state index contributed by atoms with van der Waals surface area (Å²) in [5.41, 5.74) is 0.374. The summed E-state index contributed by atoms with van der Waals surface area (Å²) in [4.78, 5) is 24.4. The second-order valence-corrected chi connectivity index (χ2v) is 7.91. The van der Waals surface area contributed by atoms with Gasteiger partial charge in [0, 0.05) is 10.4 Å². The van der Waals surface area contributed by atoms with Crippen LogP contribution in [0, 0.1) is 5.41 Å². The number of rotatable bonds is 8. The van der Waals surface area contributed by atoms with E-state index >= 15 is 0 Å². The van der Waals surface area contributed by atoms with Gasteiger partial charge in [0.2, 0.25) is 0 Å². The largest absolute Gasteiger partial charge is 0.490 e. The molecule has 0 fully saturated rings. The monoisotopic (exact) mass is 375 g/mol. The molecule has 2 rings (SSSR count). The Morgan fingerprint density at radius 3 is 2.58 bits per heavy atom. The molecular weight excluding hydrogens is 350 g/mol. The predicted molar refractivity (Wildman–Crippen MR) is 103 cm³/mol. The summed E-state index contributed by atoms with van der Waals surface area (Å²) in [5, 5.41) is 5.05. The molecule has 1 atom stereocenters. The molecule has 0 aliphatic carbocycles. The molecule has 0 bridgehead atoms. The number of hydrogen-bond acceptors (Lipinski definition) is 5. The third-order valence-electron chi connectivity index (χ3n) is 3.76. The predicted octanol–water partition coefficient (Wildman–Crippen LogP) is 4.24. The summed E-state index contributed by atoms with van der Waals surface area (Å²) in [5.74, 6) is 0.687. The standard InChI is InChI=1S/C20H25NO4S/c1-5-24-16-11-14(12-22)8-9-15(16)25-13-18(23)21-19(20(2,3)4)17-7-6-10-26-17/h6-12,19H,5,13H2,1-4H3,(H,21,23). The van der Waals surface area contributed by atoms with Gasteiger partial charge in [-0.2, -0.15) is 0 Å². The number of carbonyl (C=O) groups excluding carboxylic acids is 2. The number of aldehydes is 1. The van der Waals surface area contributed by atoms with E-state index in [-0.39, 0.29) is 24.0 Å². The van der Waals surface area contributed by atoms with Crippen molar-refractivity contribution in [1.82, 2.24) is 5.32 Å². The summed E-state index contributed by atoms with van der Waals surface area (Å²) < 4.78 is 11.1. The minimum Gasteiger partial charge on any atom is -0.490 e. The third kappa shape index (κ3) is 5.33. The molecular formula is C20H25NO4S. The molecule has 0 saturated carbocycles. The molecule has 1 unspecified atom stereocenters. The van der Waals surface area contributed by atoms with E-state index in [4.69, 9.17) is 9.47 Å². The summed E-state index contributed by atoms with van der Waals surface area (Å²) >= 11 is 1.62. The summed E-state index contributed by atoms with van der Waals surface area (Å²) in [6, 6.07) is 8.78. The first kappa shape index (κ1) is 20.0. The molecule has 0 saturated heterocycles. The van der Waals surface area contributed by atoms with Gasteiger partial charge in [0.05, 0.1) is 12.6 Å². The lowest BCUT2D eigenvalue weighted by atomic mass is 9.86. The Balaban J connectivity index is 2.05. The molecule has 1 heterocycles. The van der Waals surface area contributed by atoms with E-state index in [0.717, 1.165) is 11.2 Å². The van der Waals surface area contributed by atoms with Gasteiger partial charge in [0.25, 0.3) is 5.91 Å². The van der Waals surface area contributed by atoms with Crippen LogP contribution in [0.5, 0.6) is 11.5 Å². The lowest BCUT2D eigenvalue weighted by Gasteiger charge is -2.30. The fourth-order valence-electron chi connectivity index (χ4n) is 2.50. The van der Waals surface area contributed by atoms with E-state index in [1.165, 1.54) is 0 Å². The molecule has 1 amide bonds. The zero-order chi connectivity index (χ0) is 19.2. The number of ether oxygens (including phenoxy) is 2. The Labute approximate surface area is 158 Å². The first-order chi connectivity index (χ1) is 12.3. The topological polar surface area (TPSA) is 64.6 Å². The Hall–Kier alpha value is -2.34. The van der Waals surface area contributed by atoms with Crippen LogP contribution in [0.4, 0.5) is 0 Å². The molecule has 140 valence electrons. The van der Waals surface area contributed by atoms with Gasteiger partial charge in [0.1, 0.15) is 6.29 Å². The van der Waals surface area contributed by atoms with Crippen LogP contribution in [0.15, 0.2) is 35.7 Å². The second-order valence-electron chi connectivity index (χ2n) is 6.93. The van der Waals surface area contributed by atoms with Crippen molar-refractivity contribution >= 4 is 23.5 Å². The molecule has 1 aromatic heterocycles. The molecule has 0 spiro atoms. The third-order valence-corrected chi connectivity index (χ3v) is 4.70. The maximum absolute atomic E-state index is 12.4. The zero-order valence-electron chi connectivity index (χ0n) is 15.6. The normalized spacial score (nSPS) is 12.3. The highest BCUT2D eigenvalue weighted by atomic mass is 32.1. The number of benzene rings is 1. The highest BCUT2D eigenvalue weighted by Crippen LogP contribution is 2.35. The molecule has 0 aliphatic rings. The summed E-state index contributed by atoms with van der Waals surface area (Å²) in [7, 11) is 0. The number of amides is 1. The van der Waals surface area contributed by atoms with Crippen molar-refractivity contribution < 1.29 is 19.1 Å². The van der Waals surface area contributed by atoms with Gasteiger partial charge in [-0.15, -0.1) is 11.3 Å². The van der Waals surface area contributed by atoms with Gasteiger partial charge in [0.15, 0.2) is 18.1 Å². The minimum atomic E-state index is -0.208. The van der Waals surface area contributed by atoms with Crippen molar-refractivity contribution in [2.45, 2.75) is 33.7 Å². The average molecular weight is 375 g/mol. The average Bonchev–Trinajstić information content (AvgIpc) is 3.11. The van der Waals surface area contributed by atoms with Crippen molar-refractivity contribution in [2.75, 3.05) is 13.2 Å². The summed E-state index contributed by atoms with van der Waals surface area (Å²) in [6.45, 7) is 8.42. The quantitative estimate of drug-likeness (QED) is 0.701. The van der Waals surface area contributed by atoms with Gasteiger partial charge in [-0.05, 0) is 42.0 Å². The van der Waals surface area contributed by atoms with E-state index in [1.807, 2.05) is 24.4 Å². The van der Waals surface area contributed by atoms with Gasteiger partial charge >= 0.3 is 0 Å². The van der Waals surface area contributed by atoms with Crippen molar-refractivity contribution in [2.24, 2.45) is 5.41 Å². The van der Waals surface area contributed by atoms with Crippen molar-refractivity contribution in [3.8, 4) is 11.5 Å². The van der Waals surface area contributed by atoms with Crippen LogP contribution in [0.1, 0.15) is 49.0 Å². The Kier molecular flexibility index (Phi) is 6.80. The second kappa shape index (κ2) is 8.85. The van der Waals surface area contributed by atoms with Crippen LogP contribution in [0.3, 0.4) is 0 Å². The van der Waals surface area contributed by atoms with Crippen molar-refractivity contribution in [1.29, 1.82) is 0 Å². The molecule has 1 N–H and O–H groups in total. The van der Waals surface area contributed by atoms with E-state index in [2.05, 4.69) is 26.1 Å².